The van der Waals surface area contributed by atoms with Crippen molar-refractivity contribution in [1.82, 2.24) is 4.98 Å². The highest BCUT2D eigenvalue weighted by atomic mass is 79.9. The summed E-state index contributed by atoms with van der Waals surface area (Å²) >= 11 is 15.4. The molecule has 0 saturated carbocycles. The number of nitrogens with zero attached hydrogens (tertiary/aromatic N) is 1. The van der Waals surface area contributed by atoms with Gasteiger partial charge in [0.2, 0.25) is 0 Å². The van der Waals surface area contributed by atoms with Crippen LogP contribution in [-0.2, 0) is 0 Å². The summed E-state index contributed by atoms with van der Waals surface area (Å²) in [7, 11) is 0. The molecule has 0 spiro atoms. The van der Waals surface area contributed by atoms with Gasteiger partial charge in [-0.3, -0.25) is 0 Å². The molecule has 0 fully saturated rings. The van der Waals surface area contributed by atoms with E-state index in [4.69, 9.17) is 23.2 Å². The molecule has 0 atom stereocenters. The highest BCUT2D eigenvalue weighted by molar-refractivity contribution is 9.10. The molecule has 2 rings (SSSR count). The van der Waals surface area contributed by atoms with Gasteiger partial charge in [0.25, 0.3) is 0 Å². The summed E-state index contributed by atoms with van der Waals surface area (Å²) in [5.74, 6) is 0. The molecule has 0 aliphatic rings. The molecule has 0 amide bonds. The highest BCUT2D eigenvalue weighted by Gasteiger charge is 2.05. The Bertz CT molecular complexity index is 558. The average Bonchev–Trinajstić information content (AvgIpc) is 2.26. The number of hydrogen-bond acceptors (Lipinski definition) is 2. The monoisotopic (exact) mass is 330 g/mol. The van der Waals surface area contributed by atoms with Crippen molar-refractivity contribution in [3.63, 3.8) is 0 Å². The largest absolute Gasteiger partial charge is 0.354 e. The third-order valence-electron chi connectivity index (χ3n) is 2.25. The molecule has 0 radical (unpaired) electrons. The zero-order chi connectivity index (χ0) is 12.4. The number of nitrogens with one attached hydrogen (secondary N) is 1. The molecule has 0 aliphatic carbocycles. The smallest absolute Gasteiger partial charge is 0.131 e. The second kappa shape index (κ2) is 5.25. The first kappa shape index (κ1) is 12.7. The molecule has 0 unspecified atom stereocenters. The van der Waals surface area contributed by atoms with E-state index in [1.54, 1.807) is 12.3 Å². The lowest BCUT2D eigenvalue weighted by Gasteiger charge is -2.10. The lowest BCUT2D eigenvalue weighted by atomic mass is 10.2. The highest BCUT2D eigenvalue weighted by Crippen LogP contribution is 2.31. The Morgan fingerprint density at radius 1 is 1.24 bits per heavy atom. The maximum absolute atomic E-state index is 6.08. The predicted molar refractivity (Wildman–Crippen MR) is 76.4 cm³/mol. The van der Waals surface area contributed by atoms with E-state index in [0.29, 0.717) is 5.15 Å². The van der Waals surface area contributed by atoms with Crippen molar-refractivity contribution in [3.05, 3.63) is 50.7 Å². The number of aryl methyl sites for hydroxylation is 1. The lowest BCUT2D eigenvalue weighted by Crippen LogP contribution is -1.93. The normalized spacial score (nSPS) is 10.4. The molecule has 88 valence electrons. The Morgan fingerprint density at radius 3 is 2.71 bits per heavy atom. The Balaban J connectivity index is 2.33. The van der Waals surface area contributed by atoms with Crippen LogP contribution in [0.25, 0.3) is 0 Å². The minimum absolute atomic E-state index is 0.448. The summed E-state index contributed by atoms with van der Waals surface area (Å²) in [6.07, 6.45) is 1.65. The van der Waals surface area contributed by atoms with E-state index in [2.05, 4.69) is 26.2 Å². The van der Waals surface area contributed by atoms with Crippen LogP contribution in [0.2, 0.25) is 10.2 Å². The summed E-state index contributed by atoms with van der Waals surface area (Å²) in [6.45, 7) is 1.96. The second-order valence-electron chi connectivity index (χ2n) is 3.57. The molecule has 2 aromatic rings. The number of aromatic nitrogens is 1. The van der Waals surface area contributed by atoms with Crippen molar-refractivity contribution in [2.45, 2.75) is 6.92 Å². The zero-order valence-electron chi connectivity index (χ0n) is 8.97. The standard InChI is InChI=1S/C12H9BrCl2N2/c1-7-4-9(13)11(6-10(7)14)17-8-2-3-16-12(15)5-8/h2-6H,1H3,(H,16,17). The Morgan fingerprint density at radius 2 is 2.00 bits per heavy atom. The summed E-state index contributed by atoms with van der Waals surface area (Å²) in [6, 6.07) is 7.43. The van der Waals surface area contributed by atoms with Crippen LogP contribution in [0.1, 0.15) is 5.56 Å². The average molecular weight is 332 g/mol. The first-order valence-electron chi connectivity index (χ1n) is 4.90. The molecule has 1 aromatic carbocycles. The Hall–Kier alpha value is -0.770. The van der Waals surface area contributed by atoms with Gasteiger partial charge < -0.3 is 5.32 Å². The molecule has 1 N–H and O–H groups in total. The van der Waals surface area contributed by atoms with Gasteiger partial charge in [-0.05, 0) is 52.7 Å². The van der Waals surface area contributed by atoms with E-state index < -0.39 is 0 Å². The fourth-order valence-corrected chi connectivity index (χ4v) is 2.27. The first-order chi connectivity index (χ1) is 8.06. The summed E-state index contributed by atoms with van der Waals surface area (Å²) < 4.78 is 0.951. The fraction of sp³-hybridized carbons (Fsp3) is 0.0833. The molecule has 17 heavy (non-hydrogen) atoms. The molecule has 2 nitrogen and oxygen atoms in total. The van der Waals surface area contributed by atoms with E-state index >= 15 is 0 Å². The quantitative estimate of drug-likeness (QED) is 0.765. The minimum Gasteiger partial charge on any atom is -0.354 e. The van der Waals surface area contributed by atoms with Crippen molar-refractivity contribution < 1.29 is 0 Å². The second-order valence-corrected chi connectivity index (χ2v) is 5.22. The first-order valence-corrected chi connectivity index (χ1v) is 6.45. The summed E-state index contributed by atoms with van der Waals surface area (Å²) in [5.41, 5.74) is 2.78. The number of rotatable bonds is 2. The molecule has 0 saturated heterocycles. The maximum atomic E-state index is 6.08. The molecular weight excluding hydrogens is 323 g/mol. The van der Waals surface area contributed by atoms with Gasteiger partial charge in [0.05, 0.1) is 5.69 Å². The molecule has 1 aromatic heterocycles. The SMILES string of the molecule is Cc1cc(Br)c(Nc2ccnc(Cl)c2)cc1Cl. The number of hydrogen-bond donors (Lipinski definition) is 1. The third kappa shape index (κ3) is 3.12. The molecule has 0 aliphatic heterocycles. The molecule has 0 bridgehead atoms. The number of benzene rings is 1. The minimum atomic E-state index is 0.448. The fourth-order valence-electron chi connectivity index (χ4n) is 1.38. The topological polar surface area (TPSA) is 24.9 Å². The van der Waals surface area contributed by atoms with Gasteiger partial charge in [0.1, 0.15) is 5.15 Å². The van der Waals surface area contributed by atoms with Gasteiger partial charge >= 0.3 is 0 Å². The van der Waals surface area contributed by atoms with Crippen molar-refractivity contribution in [2.24, 2.45) is 0 Å². The van der Waals surface area contributed by atoms with Gasteiger partial charge in [0.15, 0.2) is 0 Å². The van der Waals surface area contributed by atoms with E-state index in [1.807, 2.05) is 25.1 Å². The predicted octanol–water partition coefficient (Wildman–Crippen LogP) is 5.20. The van der Waals surface area contributed by atoms with Gasteiger partial charge in [-0.25, -0.2) is 4.98 Å². The van der Waals surface area contributed by atoms with Gasteiger partial charge in [-0.15, -0.1) is 0 Å². The van der Waals surface area contributed by atoms with Crippen molar-refractivity contribution in [1.29, 1.82) is 0 Å². The molecular formula is C12H9BrCl2N2. The van der Waals surface area contributed by atoms with E-state index in [9.17, 15) is 0 Å². The van der Waals surface area contributed by atoms with E-state index in [0.717, 1.165) is 26.4 Å². The van der Waals surface area contributed by atoms with E-state index in [-0.39, 0.29) is 0 Å². The summed E-state index contributed by atoms with van der Waals surface area (Å²) in [5, 5.41) is 4.39. The van der Waals surface area contributed by atoms with E-state index in [1.165, 1.54) is 0 Å². The number of halogens is 3. The maximum Gasteiger partial charge on any atom is 0.131 e. The van der Waals surface area contributed by atoms with Crippen LogP contribution in [0, 0.1) is 6.92 Å². The van der Waals surface area contributed by atoms with Gasteiger partial charge in [0, 0.05) is 21.4 Å². The van der Waals surface area contributed by atoms with Crippen LogP contribution >= 0.6 is 39.1 Å². The van der Waals surface area contributed by atoms with Crippen molar-refractivity contribution >= 4 is 50.5 Å². The number of anilines is 2. The van der Waals surface area contributed by atoms with Crippen LogP contribution < -0.4 is 5.32 Å². The van der Waals surface area contributed by atoms with Crippen LogP contribution in [0.4, 0.5) is 11.4 Å². The van der Waals surface area contributed by atoms with Crippen LogP contribution in [0.3, 0.4) is 0 Å². The van der Waals surface area contributed by atoms with Gasteiger partial charge in [-0.1, -0.05) is 23.2 Å². The molecule has 1 heterocycles. The lowest BCUT2D eigenvalue weighted by molar-refractivity contribution is 1.32. The Labute approximate surface area is 118 Å². The van der Waals surface area contributed by atoms with Crippen LogP contribution in [-0.4, -0.2) is 4.98 Å². The van der Waals surface area contributed by atoms with Crippen molar-refractivity contribution in [2.75, 3.05) is 5.32 Å². The summed E-state index contributed by atoms with van der Waals surface area (Å²) in [4.78, 5) is 3.92. The van der Waals surface area contributed by atoms with Crippen molar-refractivity contribution in [3.8, 4) is 0 Å². The van der Waals surface area contributed by atoms with Crippen LogP contribution in [0.5, 0.6) is 0 Å². The number of pyridine rings is 1. The molecule has 5 heteroatoms. The van der Waals surface area contributed by atoms with Crippen LogP contribution in [0.15, 0.2) is 34.9 Å². The Kier molecular flexibility index (Phi) is 3.92. The van der Waals surface area contributed by atoms with Gasteiger partial charge in [-0.2, -0.15) is 0 Å². The zero-order valence-corrected chi connectivity index (χ0v) is 12.1. The third-order valence-corrected chi connectivity index (χ3v) is 3.52.